The van der Waals surface area contributed by atoms with Gasteiger partial charge in [0.2, 0.25) is 0 Å². The lowest BCUT2D eigenvalue weighted by Crippen LogP contribution is -2.01. The van der Waals surface area contributed by atoms with Crippen molar-refractivity contribution in [2.45, 2.75) is 6.61 Å². The van der Waals surface area contributed by atoms with Crippen molar-refractivity contribution in [1.82, 2.24) is 10.2 Å². The zero-order valence-corrected chi connectivity index (χ0v) is 14.2. The van der Waals surface area contributed by atoms with Gasteiger partial charge in [0, 0.05) is 12.1 Å². The third kappa shape index (κ3) is 4.29. The summed E-state index contributed by atoms with van der Waals surface area (Å²) < 4.78 is 25.9. The first-order valence-corrected chi connectivity index (χ1v) is 7.62. The highest BCUT2D eigenvalue weighted by molar-refractivity contribution is 5.87. The maximum Gasteiger partial charge on any atom is 0.331 e. The minimum atomic E-state index is -0.551. The van der Waals surface area contributed by atoms with E-state index >= 15 is 0 Å². The van der Waals surface area contributed by atoms with Crippen LogP contribution < -0.4 is 9.47 Å². The molecule has 1 aromatic carbocycles. The standard InChI is InChI=1S/C18H16N2O6/c1-22-13-8-12(9-14(10-13)23-2)5-6-17(21)25-11-16-19-20-18(26-16)15-4-3-7-24-15/h3-10H,11H2,1-2H3/b6-5+. The van der Waals surface area contributed by atoms with E-state index in [1.165, 1.54) is 12.3 Å². The summed E-state index contributed by atoms with van der Waals surface area (Å²) >= 11 is 0. The predicted octanol–water partition coefficient (Wildman–Crippen LogP) is 3.10. The summed E-state index contributed by atoms with van der Waals surface area (Å²) in [6.45, 7) is -0.141. The zero-order valence-electron chi connectivity index (χ0n) is 14.2. The molecule has 0 amide bonds. The van der Waals surface area contributed by atoms with Crippen LogP contribution >= 0.6 is 0 Å². The van der Waals surface area contributed by atoms with Gasteiger partial charge in [-0.2, -0.15) is 0 Å². The molecule has 0 bridgehead atoms. The average molecular weight is 356 g/mol. The molecule has 0 aliphatic carbocycles. The molecule has 2 aromatic heterocycles. The van der Waals surface area contributed by atoms with Gasteiger partial charge in [0.15, 0.2) is 12.4 Å². The molecule has 0 aliphatic rings. The summed E-state index contributed by atoms with van der Waals surface area (Å²) in [7, 11) is 3.11. The van der Waals surface area contributed by atoms with Gasteiger partial charge in [-0.05, 0) is 35.9 Å². The van der Waals surface area contributed by atoms with E-state index in [4.69, 9.17) is 23.0 Å². The van der Waals surface area contributed by atoms with E-state index in [-0.39, 0.29) is 18.4 Å². The van der Waals surface area contributed by atoms with Gasteiger partial charge in [0.05, 0.1) is 20.5 Å². The molecule has 8 nitrogen and oxygen atoms in total. The number of hydrogen-bond donors (Lipinski definition) is 0. The van der Waals surface area contributed by atoms with E-state index in [1.807, 2.05) is 0 Å². The van der Waals surface area contributed by atoms with E-state index in [0.29, 0.717) is 17.3 Å². The molecule has 3 aromatic rings. The van der Waals surface area contributed by atoms with E-state index < -0.39 is 5.97 Å². The molecule has 26 heavy (non-hydrogen) atoms. The number of carbonyl (C=O) groups is 1. The van der Waals surface area contributed by atoms with Gasteiger partial charge in [-0.25, -0.2) is 4.79 Å². The van der Waals surface area contributed by atoms with Crippen LogP contribution in [0.15, 0.2) is 51.5 Å². The smallest absolute Gasteiger partial charge is 0.331 e. The van der Waals surface area contributed by atoms with Crippen LogP contribution in [-0.4, -0.2) is 30.4 Å². The minimum absolute atomic E-state index is 0.141. The molecule has 0 saturated carbocycles. The van der Waals surface area contributed by atoms with Gasteiger partial charge in [-0.1, -0.05) is 0 Å². The molecule has 2 heterocycles. The maximum atomic E-state index is 11.9. The Labute approximate surface area is 149 Å². The van der Waals surface area contributed by atoms with Gasteiger partial charge < -0.3 is 23.0 Å². The molecule has 0 aliphatic heterocycles. The molecule has 0 spiro atoms. The van der Waals surface area contributed by atoms with Crippen molar-refractivity contribution in [3.05, 3.63) is 54.1 Å². The number of aromatic nitrogens is 2. The molecule has 8 heteroatoms. The maximum absolute atomic E-state index is 11.9. The third-order valence-corrected chi connectivity index (χ3v) is 3.32. The highest BCUT2D eigenvalue weighted by Gasteiger charge is 2.11. The lowest BCUT2D eigenvalue weighted by atomic mass is 10.2. The number of rotatable bonds is 7. The third-order valence-electron chi connectivity index (χ3n) is 3.32. The Balaban J connectivity index is 1.58. The summed E-state index contributed by atoms with van der Waals surface area (Å²) in [5.41, 5.74) is 0.732. The van der Waals surface area contributed by atoms with Gasteiger partial charge in [-0.3, -0.25) is 0 Å². The Morgan fingerprint density at radius 3 is 2.58 bits per heavy atom. The Hall–Kier alpha value is -3.55. The summed E-state index contributed by atoms with van der Waals surface area (Å²) in [6.07, 6.45) is 4.38. The highest BCUT2D eigenvalue weighted by atomic mass is 16.5. The summed E-state index contributed by atoms with van der Waals surface area (Å²) in [4.78, 5) is 11.9. The van der Waals surface area contributed by atoms with Crippen LogP contribution in [-0.2, 0) is 16.1 Å². The van der Waals surface area contributed by atoms with E-state index in [0.717, 1.165) is 5.56 Å². The molecule has 0 atom stereocenters. The quantitative estimate of drug-likeness (QED) is 0.470. The number of benzene rings is 1. The van der Waals surface area contributed by atoms with Crippen LogP contribution in [0.1, 0.15) is 11.5 Å². The number of nitrogens with zero attached hydrogens (tertiary/aromatic N) is 2. The molecule has 0 N–H and O–H groups in total. The molecule has 3 rings (SSSR count). The fourth-order valence-corrected chi connectivity index (χ4v) is 2.08. The van der Waals surface area contributed by atoms with Crippen LogP contribution in [0.5, 0.6) is 11.5 Å². The first-order valence-electron chi connectivity index (χ1n) is 7.62. The Kier molecular flexibility index (Phi) is 5.33. The fraction of sp³-hybridized carbons (Fsp3) is 0.167. The molecule has 0 saturated heterocycles. The number of ether oxygens (including phenoxy) is 3. The highest BCUT2D eigenvalue weighted by Crippen LogP contribution is 2.23. The van der Waals surface area contributed by atoms with Crippen LogP contribution in [0, 0.1) is 0 Å². The molecule has 0 unspecified atom stereocenters. The number of hydrogen-bond acceptors (Lipinski definition) is 8. The second-order valence-corrected chi connectivity index (χ2v) is 5.07. The van der Waals surface area contributed by atoms with Crippen molar-refractivity contribution in [3.63, 3.8) is 0 Å². The number of furan rings is 1. The van der Waals surface area contributed by atoms with Crippen LogP contribution in [0.3, 0.4) is 0 Å². The lowest BCUT2D eigenvalue weighted by Gasteiger charge is -2.05. The number of esters is 1. The normalized spacial score (nSPS) is 10.8. The van der Waals surface area contributed by atoms with Crippen molar-refractivity contribution in [1.29, 1.82) is 0 Å². The predicted molar refractivity (Wildman–Crippen MR) is 90.4 cm³/mol. The first-order chi connectivity index (χ1) is 12.7. The van der Waals surface area contributed by atoms with Crippen LogP contribution in [0.25, 0.3) is 17.7 Å². The monoisotopic (exact) mass is 356 g/mol. The van der Waals surface area contributed by atoms with Gasteiger partial charge in [-0.15, -0.1) is 10.2 Å². The lowest BCUT2D eigenvalue weighted by molar-refractivity contribution is -0.139. The van der Waals surface area contributed by atoms with Crippen LogP contribution in [0.4, 0.5) is 0 Å². The van der Waals surface area contributed by atoms with Gasteiger partial charge in [0.1, 0.15) is 11.5 Å². The topological polar surface area (TPSA) is 96.8 Å². The SMILES string of the molecule is COc1cc(/C=C/C(=O)OCc2nnc(-c3ccco3)o2)cc(OC)c1. The number of carbonyl (C=O) groups excluding carboxylic acids is 1. The first kappa shape index (κ1) is 17.3. The molecule has 0 radical (unpaired) electrons. The van der Waals surface area contributed by atoms with Crippen molar-refractivity contribution in [2.24, 2.45) is 0 Å². The Morgan fingerprint density at radius 1 is 1.15 bits per heavy atom. The van der Waals surface area contributed by atoms with Crippen molar-refractivity contribution in [3.8, 4) is 23.1 Å². The molecular formula is C18H16N2O6. The largest absolute Gasteiger partial charge is 0.497 e. The average Bonchev–Trinajstić information content (AvgIpc) is 3.35. The second-order valence-electron chi connectivity index (χ2n) is 5.07. The second kappa shape index (κ2) is 8.02. The van der Waals surface area contributed by atoms with Crippen molar-refractivity contribution < 1.29 is 27.8 Å². The summed E-state index contributed by atoms with van der Waals surface area (Å²) in [5, 5.41) is 7.62. The minimum Gasteiger partial charge on any atom is -0.497 e. The molecule has 134 valence electrons. The molecular weight excluding hydrogens is 340 g/mol. The molecule has 0 fully saturated rings. The van der Waals surface area contributed by atoms with Crippen LogP contribution in [0.2, 0.25) is 0 Å². The summed E-state index contributed by atoms with van der Waals surface area (Å²) in [6, 6.07) is 8.66. The van der Waals surface area contributed by atoms with Crippen molar-refractivity contribution in [2.75, 3.05) is 14.2 Å². The summed E-state index contributed by atoms with van der Waals surface area (Å²) in [5.74, 6) is 1.52. The van der Waals surface area contributed by atoms with E-state index in [9.17, 15) is 4.79 Å². The number of methoxy groups -OCH3 is 2. The van der Waals surface area contributed by atoms with Gasteiger partial charge >= 0.3 is 5.97 Å². The zero-order chi connectivity index (χ0) is 18.4. The van der Waals surface area contributed by atoms with E-state index in [1.54, 1.807) is 50.6 Å². The van der Waals surface area contributed by atoms with Crippen molar-refractivity contribution >= 4 is 12.0 Å². The van der Waals surface area contributed by atoms with Gasteiger partial charge in [0.25, 0.3) is 11.8 Å². The van der Waals surface area contributed by atoms with E-state index in [2.05, 4.69) is 10.2 Å². The fourth-order valence-electron chi connectivity index (χ4n) is 2.08. The Morgan fingerprint density at radius 2 is 1.92 bits per heavy atom. The Bertz CT molecular complexity index is 876.